The Bertz CT molecular complexity index is 552. The highest BCUT2D eigenvalue weighted by molar-refractivity contribution is 5.99. The van der Waals surface area contributed by atoms with Gasteiger partial charge in [0.15, 0.2) is 5.78 Å². The maximum Gasteiger partial charge on any atom is 0.176 e. The van der Waals surface area contributed by atoms with Gasteiger partial charge >= 0.3 is 0 Å². The van der Waals surface area contributed by atoms with Crippen LogP contribution in [0.4, 0.5) is 0 Å². The van der Waals surface area contributed by atoms with Gasteiger partial charge in [-0.1, -0.05) is 0 Å². The van der Waals surface area contributed by atoms with Crippen LogP contribution in [0.25, 0.3) is 10.9 Å². The first-order chi connectivity index (χ1) is 7.50. The Labute approximate surface area is 94.3 Å². The highest BCUT2D eigenvalue weighted by atomic mass is 16.3. The lowest BCUT2D eigenvalue weighted by Crippen LogP contribution is -2.08. The third-order valence-electron chi connectivity index (χ3n) is 2.70. The van der Waals surface area contributed by atoms with Crippen LogP contribution in [0.3, 0.4) is 0 Å². The molecule has 0 spiro atoms. The number of hydrogen-bond donors (Lipinski definition) is 1. The first-order valence-electron chi connectivity index (χ1n) is 5.35. The van der Waals surface area contributed by atoms with Gasteiger partial charge in [-0.3, -0.25) is 4.79 Å². The Morgan fingerprint density at radius 1 is 1.31 bits per heavy atom. The van der Waals surface area contributed by atoms with Gasteiger partial charge in [0.2, 0.25) is 0 Å². The van der Waals surface area contributed by atoms with Crippen LogP contribution in [0.1, 0.15) is 37.3 Å². The molecule has 1 aromatic carbocycles. The van der Waals surface area contributed by atoms with Crippen molar-refractivity contribution in [2.24, 2.45) is 0 Å². The minimum absolute atomic E-state index is 0.0457. The molecule has 0 amide bonds. The molecule has 0 aliphatic carbocycles. The van der Waals surface area contributed by atoms with Crippen molar-refractivity contribution in [2.45, 2.75) is 26.8 Å². The van der Waals surface area contributed by atoms with Crippen molar-refractivity contribution in [3.63, 3.8) is 0 Å². The highest BCUT2D eigenvalue weighted by Crippen LogP contribution is 2.27. The predicted octanol–water partition coefficient (Wildman–Crippen LogP) is 3.13. The molecule has 0 unspecified atom stereocenters. The number of fused-ring (bicyclic) bond motifs is 1. The van der Waals surface area contributed by atoms with E-state index in [1.807, 2.05) is 30.5 Å². The molecule has 0 fully saturated rings. The van der Waals surface area contributed by atoms with Gasteiger partial charge in [0.25, 0.3) is 0 Å². The van der Waals surface area contributed by atoms with Crippen molar-refractivity contribution in [3.8, 4) is 5.75 Å². The zero-order valence-electron chi connectivity index (χ0n) is 9.69. The van der Waals surface area contributed by atoms with Crippen LogP contribution >= 0.6 is 0 Å². The Balaban J connectivity index is 2.82. The fourth-order valence-corrected chi connectivity index (χ4v) is 2.04. The van der Waals surface area contributed by atoms with Gasteiger partial charge in [0, 0.05) is 24.4 Å². The summed E-state index contributed by atoms with van der Waals surface area (Å²) in [5.74, 6) is 0.270. The molecule has 1 N–H and O–H groups in total. The number of ketones is 1. The summed E-state index contributed by atoms with van der Waals surface area (Å²) in [4.78, 5) is 11.5. The maximum atomic E-state index is 11.5. The van der Waals surface area contributed by atoms with E-state index in [-0.39, 0.29) is 17.6 Å². The van der Waals surface area contributed by atoms with E-state index in [1.165, 1.54) is 0 Å². The van der Waals surface area contributed by atoms with Crippen LogP contribution in [-0.2, 0) is 0 Å². The first-order valence-corrected chi connectivity index (χ1v) is 5.35. The lowest BCUT2D eigenvalue weighted by molar-refractivity contribution is 0.100. The average Bonchev–Trinajstić information content (AvgIpc) is 2.55. The minimum Gasteiger partial charge on any atom is -0.508 e. The van der Waals surface area contributed by atoms with Gasteiger partial charge in [-0.2, -0.15) is 0 Å². The summed E-state index contributed by atoms with van der Waals surface area (Å²) in [7, 11) is 0. The second-order valence-electron chi connectivity index (χ2n) is 4.29. The number of benzene rings is 1. The van der Waals surface area contributed by atoms with Crippen LogP contribution < -0.4 is 0 Å². The standard InChI is InChI=1S/C13H15NO2/c1-8(2)14-12(9(3)15)6-10-4-5-11(16)7-13(10)14/h4-8,16H,1-3H3. The molecular formula is C13H15NO2. The van der Waals surface area contributed by atoms with Gasteiger partial charge in [0.05, 0.1) is 11.2 Å². The maximum absolute atomic E-state index is 11.5. The number of aromatic nitrogens is 1. The summed E-state index contributed by atoms with van der Waals surface area (Å²) >= 11 is 0. The van der Waals surface area contributed by atoms with Crippen LogP contribution in [0, 0.1) is 0 Å². The molecule has 0 saturated heterocycles. The number of phenolic OH excluding ortho intramolecular Hbond substituents is 1. The van der Waals surface area contributed by atoms with Gasteiger partial charge in [-0.15, -0.1) is 0 Å². The second-order valence-corrected chi connectivity index (χ2v) is 4.29. The summed E-state index contributed by atoms with van der Waals surface area (Å²) in [5, 5.41) is 10.5. The summed E-state index contributed by atoms with van der Waals surface area (Å²) in [6.45, 7) is 5.61. The largest absolute Gasteiger partial charge is 0.508 e. The van der Waals surface area contributed by atoms with E-state index < -0.39 is 0 Å². The minimum atomic E-state index is 0.0457. The summed E-state index contributed by atoms with van der Waals surface area (Å²) in [6, 6.07) is 7.23. The Morgan fingerprint density at radius 3 is 2.56 bits per heavy atom. The highest BCUT2D eigenvalue weighted by Gasteiger charge is 2.14. The summed E-state index contributed by atoms with van der Waals surface area (Å²) in [5.41, 5.74) is 1.59. The van der Waals surface area contributed by atoms with E-state index in [1.54, 1.807) is 19.1 Å². The number of phenols is 1. The normalized spacial score (nSPS) is 11.2. The third kappa shape index (κ3) is 1.58. The fourth-order valence-electron chi connectivity index (χ4n) is 2.04. The zero-order valence-corrected chi connectivity index (χ0v) is 9.69. The molecule has 3 heteroatoms. The molecule has 0 aliphatic rings. The van der Waals surface area contributed by atoms with Gasteiger partial charge < -0.3 is 9.67 Å². The second kappa shape index (κ2) is 3.67. The third-order valence-corrected chi connectivity index (χ3v) is 2.70. The Kier molecular flexibility index (Phi) is 2.46. The number of rotatable bonds is 2. The number of carbonyl (C=O) groups excluding carboxylic acids is 1. The molecule has 1 aromatic heterocycles. The van der Waals surface area contributed by atoms with Gasteiger partial charge in [-0.05, 0) is 32.0 Å². The van der Waals surface area contributed by atoms with Crippen LogP contribution in [0.5, 0.6) is 5.75 Å². The van der Waals surface area contributed by atoms with Crippen molar-refractivity contribution in [1.29, 1.82) is 0 Å². The Morgan fingerprint density at radius 2 is 2.00 bits per heavy atom. The molecule has 3 nitrogen and oxygen atoms in total. The molecule has 0 bridgehead atoms. The number of Topliss-reactive ketones (excluding diaryl/α,β-unsaturated/α-hetero) is 1. The van der Waals surface area contributed by atoms with E-state index in [0.29, 0.717) is 5.69 Å². The van der Waals surface area contributed by atoms with Crippen molar-refractivity contribution >= 4 is 16.7 Å². The molecule has 84 valence electrons. The average molecular weight is 217 g/mol. The number of hydrogen-bond acceptors (Lipinski definition) is 2. The number of nitrogens with zero attached hydrogens (tertiary/aromatic N) is 1. The smallest absolute Gasteiger partial charge is 0.176 e. The lowest BCUT2D eigenvalue weighted by Gasteiger charge is -2.12. The van der Waals surface area contributed by atoms with Crippen LogP contribution in [0.15, 0.2) is 24.3 Å². The summed E-state index contributed by atoms with van der Waals surface area (Å²) < 4.78 is 1.96. The zero-order chi connectivity index (χ0) is 11.9. The van der Waals surface area contributed by atoms with Crippen LogP contribution in [0.2, 0.25) is 0 Å². The van der Waals surface area contributed by atoms with E-state index in [0.717, 1.165) is 10.9 Å². The van der Waals surface area contributed by atoms with Gasteiger partial charge in [0.1, 0.15) is 5.75 Å². The number of aromatic hydroxyl groups is 1. The van der Waals surface area contributed by atoms with Crippen molar-refractivity contribution in [3.05, 3.63) is 30.0 Å². The quantitative estimate of drug-likeness (QED) is 0.785. The molecule has 1 heterocycles. The summed E-state index contributed by atoms with van der Waals surface area (Å²) in [6.07, 6.45) is 0. The molecule has 16 heavy (non-hydrogen) atoms. The SMILES string of the molecule is CC(=O)c1cc2ccc(O)cc2n1C(C)C. The van der Waals surface area contributed by atoms with Crippen molar-refractivity contribution < 1.29 is 9.90 Å². The van der Waals surface area contributed by atoms with Crippen molar-refractivity contribution in [2.75, 3.05) is 0 Å². The molecule has 2 aromatic rings. The van der Waals surface area contributed by atoms with E-state index in [4.69, 9.17) is 0 Å². The van der Waals surface area contributed by atoms with Crippen molar-refractivity contribution in [1.82, 2.24) is 4.57 Å². The Hall–Kier alpha value is -1.77. The monoisotopic (exact) mass is 217 g/mol. The molecule has 0 radical (unpaired) electrons. The molecule has 2 rings (SSSR count). The van der Waals surface area contributed by atoms with E-state index in [2.05, 4.69) is 0 Å². The molecular weight excluding hydrogens is 202 g/mol. The first kappa shape index (κ1) is 10.7. The topological polar surface area (TPSA) is 42.2 Å². The van der Waals surface area contributed by atoms with Crippen LogP contribution in [-0.4, -0.2) is 15.5 Å². The van der Waals surface area contributed by atoms with Gasteiger partial charge in [-0.25, -0.2) is 0 Å². The fraction of sp³-hybridized carbons (Fsp3) is 0.308. The molecule has 0 aliphatic heterocycles. The molecule has 0 atom stereocenters. The predicted molar refractivity (Wildman–Crippen MR) is 64.0 cm³/mol. The lowest BCUT2D eigenvalue weighted by atomic mass is 10.2. The van der Waals surface area contributed by atoms with E-state index in [9.17, 15) is 9.90 Å². The molecule has 0 saturated carbocycles. The van der Waals surface area contributed by atoms with E-state index >= 15 is 0 Å². The number of carbonyl (C=O) groups is 1.